The summed E-state index contributed by atoms with van der Waals surface area (Å²) in [6.07, 6.45) is 1.12. The van der Waals surface area contributed by atoms with Crippen molar-refractivity contribution in [2.75, 3.05) is 13.1 Å². The van der Waals surface area contributed by atoms with Gasteiger partial charge in [0.2, 0.25) is 17.6 Å². The number of hydrogen-bond acceptors (Lipinski definition) is 5. The van der Waals surface area contributed by atoms with Crippen LogP contribution in [0.2, 0.25) is 0 Å². The zero-order chi connectivity index (χ0) is 12.1. The molecule has 9 nitrogen and oxygen atoms in total. The number of carbonyl (C=O) groups is 3. The Hall–Kier alpha value is -2.45. The summed E-state index contributed by atoms with van der Waals surface area (Å²) in [5, 5.41) is 5.78. The average molecular weight is 226 g/mol. The maximum atomic E-state index is 11.7. The number of carbonyl (C=O) groups excluding carboxylic acids is 3. The quantitative estimate of drug-likeness (QED) is 0.496. The van der Waals surface area contributed by atoms with E-state index in [1.165, 1.54) is 0 Å². The molecule has 1 heterocycles. The van der Waals surface area contributed by atoms with Crippen molar-refractivity contribution in [2.45, 2.75) is 0 Å². The molecular formula is C7H10N6O3. The van der Waals surface area contributed by atoms with Gasteiger partial charge in [0.1, 0.15) is 19.4 Å². The largest absolute Gasteiger partial charge is 0.368 e. The topological polar surface area (TPSA) is 148 Å². The first kappa shape index (κ1) is 11.6. The van der Waals surface area contributed by atoms with Crippen LogP contribution in [0.3, 0.4) is 0 Å². The molecule has 0 fully saturated rings. The van der Waals surface area contributed by atoms with Crippen molar-refractivity contribution in [1.29, 1.82) is 0 Å². The van der Waals surface area contributed by atoms with Crippen molar-refractivity contribution < 1.29 is 14.4 Å². The Morgan fingerprint density at radius 1 is 1.25 bits per heavy atom. The van der Waals surface area contributed by atoms with Gasteiger partial charge in [-0.3, -0.25) is 19.5 Å². The van der Waals surface area contributed by atoms with Crippen molar-refractivity contribution in [2.24, 2.45) is 11.5 Å². The lowest BCUT2D eigenvalue weighted by Crippen LogP contribution is -2.43. The van der Waals surface area contributed by atoms with Gasteiger partial charge in [0.05, 0.1) is 0 Å². The zero-order valence-electron chi connectivity index (χ0n) is 8.21. The maximum absolute atomic E-state index is 11.7. The van der Waals surface area contributed by atoms with E-state index in [-0.39, 0.29) is 5.82 Å². The molecule has 1 rings (SSSR count). The fourth-order valence-electron chi connectivity index (χ4n) is 1.03. The molecule has 0 radical (unpaired) electrons. The molecule has 0 saturated heterocycles. The first-order valence-electron chi connectivity index (χ1n) is 4.22. The average Bonchev–Trinajstić information content (AvgIpc) is 2.66. The van der Waals surface area contributed by atoms with Crippen LogP contribution in [0.15, 0.2) is 6.33 Å². The van der Waals surface area contributed by atoms with Gasteiger partial charge in [0, 0.05) is 0 Å². The van der Waals surface area contributed by atoms with Crippen LogP contribution in [0.5, 0.6) is 0 Å². The number of primary amides is 2. The first-order valence-corrected chi connectivity index (χ1v) is 4.22. The molecule has 1 aromatic heterocycles. The minimum Gasteiger partial charge on any atom is -0.368 e. The lowest BCUT2D eigenvalue weighted by Gasteiger charge is -2.17. The number of aromatic nitrogens is 3. The summed E-state index contributed by atoms with van der Waals surface area (Å²) in [7, 11) is 0. The highest BCUT2D eigenvalue weighted by Crippen LogP contribution is 1.96. The Labute approximate surface area is 89.8 Å². The second-order valence-corrected chi connectivity index (χ2v) is 2.93. The molecule has 9 heteroatoms. The normalized spacial score (nSPS) is 9.75. The van der Waals surface area contributed by atoms with Gasteiger partial charge >= 0.3 is 0 Å². The van der Waals surface area contributed by atoms with Gasteiger partial charge in [-0.25, -0.2) is 4.98 Å². The summed E-state index contributed by atoms with van der Waals surface area (Å²) >= 11 is 0. The van der Waals surface area contributed by atoms with Crippen molar-refractivity contribution in [1.82, 2.24) is 20.1 Å². The maximum Gasteiger partial charge on any atom is 0.292 e. The van der Waals surface area contributed by atoms with Crippen LogP contribution < -0.4 is 11.5 Å². The SMILES string of the molecule is NC(=O)CN(CC(N)=O)C(=O)c1ncn[nH]1. The van der Waals surface area contributed by atoms with E-state index in [0.29, 0.717) is 0 Å². The van der Waals surface area contributed by atoms with Crippen molar-refractivity contribution in [3.05, 3.63) is 12.2 Å². The lowest BCUT2D eigenvalue weighted by atomic mass is 10.4. The predicted molar refractivity (Wildman–Crippen MR) is 50.7 cm³/mol. The third-order valence-corrected chi connectivity index (χ3v) is 1.60. The number of rotatable bonds is 5. The Kier molecular flexibility index (Phi) is 3.53. The van der Waals surface area contributed by atoms with Gasteiger partial charge in [0.15, 0.2) is 0 Å². The molecule has 0 aliphatic rings. The minimum atomic E-state index is -0.755. The smallest absolute Gasteiger partial charge is 0.292 e. The van der Waals surface area contributed by atoms with Crippen LogP contribution in [0.4, 0.5) is 0 Å². The third-order valence-electron chi connectivity index (χ3n) is 1.60. The number of amides is 3. The number of H-pyrrole nitrogens is 1. The number of nitrogens with two attached hydrogens (primary N) is 2. The summed E-state index contributed by atoms with van der Waals surface area (Å²) in [6.45, 7) is -0.828. The molecule has 0 aromatic carbocycles. The second kappa shape index (κ2) is 4.87. The van der Waals surface area contributed by atoms with Gasteiger partial charge < -0.3 is 16.4 Å². The molecule has 0 aliphatic heterocycles. The van der Waals surface area contributed by atoms with Crippen LogP contribution in [0.25, 0.3) is 0 Å². The third kappa shape index (κ3) is 3.04. The fraction of sp³-hybridized carbons (Fsp3) is 0.286. The van der Waals surface area contributed by atoms with E-state index in [9.17, 15) is 14.4 Å². The van der Waals surface area contributed by atoms with Crippen LogP contribution in [-0.4, -0.2) is 50.9 Å². The summed E-state index contributed by atoms with van der Waals surface area (Å²) in [5.74, 6) is -2.28. The first-order chi connectivity index (χ1) is 7.50. The van der Waals surface area contributed by atoms with E-state index in [1.807, 2.05) is 0 Å². The Morgan fingerprint density at radius 3 is 2.19 bits per heavy atom. The zero-order valence-corrected chi connectivity index (χ0v) is 8.21. The van der Waals surface area contributed by atoms with E-state index in [1.54, 1.807) is 0 Å². The monoisotopic (exact) mass is 226 g/mol. The van der Waals surface area contributed by atoms with Gasteiger partial charge in [-0.1, -0.05) is 0 Å². The molecular weight excluding hydrogens is 216 g/mol. The van der Waals surface area contributed by atoms with Gasteiger partial charge in [-0.2, -0.15) is 5.10 Å². The molecule has 0 saturated carbocycles. The van der Waals surface area contributed by atoms with E-state index < -0.39 is 30.8 Å². The molecule has 0 spiro atoms. The predicted octanol–water partition coefficient (Wildman–Crippen LogP) is -2.78. The molecule has 0 aliphatic carbocycles. The molecule has 1 aromatic rings. The summed E-state index contributed by atoms with van der Waals surface area (Å²) < 4.78 is 0. The fourth-order valence-corrected chi connectivity index (χ4v) is 1.03. The highest BCUT2D eigenvalue weighted by Gasteiger charge is 2.21. The summed E-state index contributed by atoms with van der Waals surface area (Å²) in [6, 6.07) is 0. The molecule has 5 N–H and O–H groups in total. The Bertz CT molecular complexity index is 384. The van der Waals surface area contributed by atoms with Crippen LogP contribution >= 0.6 is 0 Å². The number of nitrogens with zero attached hydrogens (tertiary/aromatic N) is 3. The summed E-state index contributed by atoms with van der Waals surface area (Å²) in [5.41, 5.74) is 9.86. The van der Waals surface area contributed by atoms with Crippen LogP contribution in [0, 0.1) is 0 Å². The van der Waals surface area contributed by atoms with Crippen molar-refractivity contribution in [3.8, 4) is 0 Å². The van der Waals surface area contributed by atoms with Crippen LogP contribution in [-0.2, 0) is 9.59 Å². The second-order valence-electron chi connectivity index (χ2n) is 2.93. The minimum absolute atomic E-state index is 0.0949. The molecule has 3 amide bonds. The number of aromatic amines is 1. The van der Waals surface area contributed by atoms with Crippen molar-refractivity contribution >= 4 is 17.7 Å². The van der Waals surface area contributed by atoms with Gasteiger partial charge in [-0.15, -0.1) is 0 Å². The van der Waals surface area contributed by atoms with Gasteiger partial charge in [-0.05, 0) is 0 Å². The van der Waals surface area contributed by atoms with Crippen LogP contribution in [0.1, 0.15) is 10.6 Å². The molecule has 16 heavy (non-hydrogen) atoms. The number of hydrogen-bond donors (Lipinski definition) is 3. The van der Waals surface area contributed by atoms with Crippen molar-refractivity contribution in [3.63, 3.8) is 0 Å². The molecule has 0 unspecified atom stereocenters. The summed E-state index contributed by atoms with van der Waals surface area (Å²) in [4.78, 5) is 37.5. The Morgan fingerprint density at radius 2 is 1.81 bits per heavy atom. The Balaban J connectivity index is 2.79. The van der Waals surface area contributed by atoms with E-state index in [4.69, 9.17) is 11.5 Å². The standard InChI is InChI=1S/C7H10N6O3/c8-4(14)1-13(2-5(9)15)7(16)6-10-3-11-12-6/h3H,1-2H2,(H2,8,14)(H2,9,15)(H,10,11,12). The van der Waals surface area contributed by atoms with E-state index in [0.717, 1.165) is 11.2 Å². The number of nitrogens with one attached hydrogen (secondary N) is 1. The van der Waals surface area contributed by atoms with E-state index in [2.05, 4.69) is 15.2 Å². The highest BCUT2D eigenvalue weighted by atomic mass is 16.2. The molecule has 0 bridgehead atoms. The van der Waals surface area contributed by atoms with Gasteiger partial charge in [0.25, 0.3) is 5.91 Å². The lowest BCUT2D eigenvalue weighted by molar-refractivity contribution is -0.121. The molecule has 0 atom stereocenters. The molecule has 86 valence electrons. The van der Waals surface area contributed by atoms with E-state index >= 15 is 0 Å². The highest BCUT2D eigenvalue weighted by molar-refractivity contribution is 5.95.